The lowest BCUT2D eigenvalue weighted by Gasteiger charge is -2.13. The minimum Gasteiger partial charge on any atom is -0.343 e. The molecule has 0 aromatic carbocycles. The number of anilines is 1. The monoisotopic (exact) mass is 304 g/mol. The molecule has 2 amide bonds. The zero-order chi connectivity index (χ0) is 16.3. The van der Waals surface area contributed by atoms with Crippen LogP contribution < -0.4 is 5.32 Å². The van der Waals surface area contributed by atoms with Crippen LogP contribution in [0.3, 0.4) is 0 Å². The highest BCUT2D eigenvalue weighted by molar-refractivity contribution is 6.07. The number of aryl methyl sites for hydroxylation is 2. The Hall–Kier alpha value is -2.64. The number of nitrogens with one attached hydrogen (secondary N) is 1. The normalized spacial score (nSPS) is 10.5. The van der Waals surface area contributed by atoms with Crippen molar-refractivity contribution in [2.45, 2.75) is 26.9 Å². The lowest BCUT2D eigenvalue weighted by atomic mass is 10.3. The molecule has 0 aliphatic heterocycles. The molecule has 0 aliphatic rings. The Morgan fingerprint density at radius 3 is 2.55 bits per heavy atom. The van der Waals surface area contributed by atoms with E-state index in [1.807, 2.05) is 13.8 Å². The van der Waals surface area contributed by atoms with Crippen LogP contribution in [-0.2, 0) is 13.1 Å². The summed E-state index contributed by atoms with van der Waals surface area (Å²) in [4.78, 5) is 26.0. The first-order valence-corrected chi connectivity index (χ1v) is 7.10. The summed E-state index contributed by atoms with van der Waals surface area (Å²) < 4.78 is 3.22. The average Bonchev–Trinajstić information content (AvgIpc) is 3.12. The third-order valence-electron chi connectivity index (χ3n) is 3.19. The predicted octanol–water partition coefficient (Wildman–Crippen LogP) is 1.07. The van der Waals surface area contributed by atoms with Crippen LogP contribution in [0.25, 0.3) is 0 Å². The number of nitrogens with zero attached hydrogens (tertiary/aromatic N) is 5. The second kappa shape index (κ2) is 6.42. The molecular weight excluding hydrogens is 284 g/mol. The van der Waals surface area contributed by atoms with Crippen molar-refractivity contribution in [1.29, 1.82) is 0 Å². The van der Waals surface area contributed by atoms with Crippen LogP contribution in [0.5, 0.6) is 0 Å². The fourth-order valence-electron chi connectivity index (χ4n) is 2.00. The highest BCUT2D eigenvalue weighted by atomic mass is 16.2. The van der Waals surface area contributed by atoms with Gasteiger partial charge in [-0.15, -0.1) is 0 Å². The number of hydrogen-bond acceptors (Lipinski definition) is 4. The molecule has 8 nitrogen and oxygen atoms in total. The number of rotatable bonds is 5. The summed E-state index contributed by atoms with van der Waals surface area (Å²) in [6.07, 6.45) is 3.21. The second-order valence-corrected chi connectivity index (χ2v) is 4.93. The van der Waals surface area contributed by atoms with E-state index in [4.69, 9.17) is 0 Å². The van der Waals surface area contributed by atoms with E-state index in [1.54, 1.807) is 35.7 Å². The summed E-state index contributed by atoms with van der Waals surface area (Å²) in [5, 5.41) is 11.0. The smallest absolute Gasteiger partial charge is 0.276 e. The Balaban J connectivity index is 2.27. The Morgan fingerprint density at radius 2 is 2.00 bits per heavy atom. The molecule has 0 fully saturated rings. The van der Waals surface area contributed by atoms with Crippen molar-refractivity contribution in [3.63, 3.8) is 0 Å². The van der Waals surface area contributed by atoms with Gasteiger partial charge in [0.2, 0.25) is 0 Å². The average molecular weight is 304 g/mol. The van der Waals surface area contributed by atoms with Gasteiger partial charge in [-0.2, -0.15) is 10.2 Å². The van der Waals surface area contributed by atoms with Gasteiger partial charge < -0.3 is 10.2 Å². The third-order valence-corrected chi connectivity index (χ3v) is 3.19. The molecule has 0 spiro atoms. The maximum atomic E-state index is 12.3. The Labute approximate surface area is 128 Å². The van der Waals surface area contributed by atoms with Crippen molar-refractivity contribution in [3.8, 4) is 0 Å². The molecule has 0 atom stereocenters. The fourth-order valence-corrected chi connectivity index (χ4v) is 2.00. The van der Waals surface area contributed by atoms with Crippen molar-refractivity contribution in [2.24, 2.45) is 0 Å². The molecule has 8 heteroatoms. The van der Waals surface area contributed by atoms with E-state index < -0.39 is 0 Å². The summed E-state index contributed by atoms with van der Waals surface area (Å²) in [5.41, 5.74) is 1.04. The van der Waals surface area contributed by atoms with Gasteiger partial charge in [0.15, 0.2) is 5.69 Å². The quantitative estimate of drug-likeness (QED) is 0.895. The summed E-state index contributed by atoms with van der Waals surface area (Å²) in [5.74, 6) is -0.579. The number of carbonyl (C=O) groups is 2. The molecule has 0 unspecified atom stereocenters. The van der Waals surface area contributed by atoms with Gasteiger partial charge in [-0.1, -0.05) is 0 Å². The van der Waals surface area contributed by atoms with Crippen molar-refractivity contribution < 1.29 is 9.59 Å². The maximum Gasteiger partial charge on any atom is 0.276 e. The van der Waals surface area contributed by atoms with E-state index in [0.717, 1.165) is 0 Å². The molecule has 118 valence electrons. The summed E-state index contributed by atoms with van der Waals surface area (Å²) in [7, 11) is 3.31. The molecule has 0 bridgehead atoms. The maximum absolute atomic E-state index is 12.3. The van der Waals surface area contributed by atoms with Crippen LogP contribution in [0, 0.1) is 0 Å². The molecule has 0 aliphatic carbocycles. The molecule has 1 N–H and O–H groups in total. The molecule has 2 rings (SSSR count). The van der Waals surface area contributed by atoms with Crippen LogP contribution in [0.15, 0.2) is 18.5 Å². The van der Waals surface area contributed by atoms with Gasteiger partial charge in [0.1, 0.15) is 5.69 Å². The second-order valence-electron chi connectivity index (χ2n) is 4.93. The van der Waals surface area contributed by atoms with Crippen LogP contribution in [0.2, 0.25) is 0 Å². The minimum absolute atomic E-state index is 0.214. The van der Waals surface area contributed by atoms with Crippen LogP contribution in [-0.4, -0.2) is 50.4 Å². The molecule has 22 heavy (non-hydrogen) atoms. The van der Waals surface area contributed by atoms with E-state index >= 15 is 0 Å². The Bertz CT molecular complexity index is 685. The Morgan fingerprint density at radius 1 is 1.27 bits per heavy atom. The van der Waals surface area contributed by atoms with E-state index in [-0.39, 0.29) is 11.8 Å². The summed E-state index contributed by atoms with van der Waals surface area (Å²) in [6.45, 7) is 5.04. The van der Waals surface area contributed by atoms with Crippen molar-refractivity contribution in [3.05, 3.63) is 29.8 Å². The summed E-state index contributed by atoms with van der Waals surface area (Å²) >= 11 is 0. The number of hydrogen-bond donors (Lipinski definition) is 1. The Kier molecular flexibility index (Phi) is 4.59. The van der Waals surface area contributed by atoms with Gasteiger partial charge in [0.25, 0.3) is 11.8 Å². The van der Waals surface area contributed by atoms with Gasteiger partial charge in [-0.3, -0.25) is 19.0 Å². The van der Waals surface area contributed by atoms with Gasteiger partial charge in [0, 0.05) is 33.4 Å². The van der Waals surface area contributed by atoms with E-state index in [1.165, 1.54) is 11.1 Å². The van der Waals surface area contributed by atoms with Gasteiger partial charge in [0.05, 0.1) is 11.9 Å². The van der Waals surface area contributed by atoms with E-state index in [9.17, 15) is 9.59 Å². The van der Waals surface area contributed by atoms with Gasteiger partial charge in [-0.05, 0) is 19.9 Å². The highest BCUT2D eigenvalue weighted by Gasteiger charge is 2.22. The van der Waals surface area contributed by atoms with Crippen molar-refractivity contribution in [1.82, 2.24) is 24.5 Å². The lowest BCUT2D eigenvalue weighted by Crippen LogP contribution is -2.26. The number of amides is 2. The van der Waals surface area contributed by atoms with Crippen LogP contribution in [0.1, 0.15) is 34.8 Å². The zero-order valence-corrected chi connectivity index (χ0v) is 13.2. The molecule has 2 heterocycles. The number of aromatic nitrogens is 4. The minimum atomic E-state index is -0.365. The fraction of sp³-hybridized carbons (Fsp3) is 0.429. The third kappa shape index (κ3) is 3.00. The lowest BCUT2D eigenvalue weighted by molar-refractivity contribution is 0.0816. The molecule has 0 saturated carbocycles. The van der Waals surface area contributed by atoms with Gasteiger partial charge >= 0.3 is 0 Å². The molecule has 2 aromatic rings. The van der Waals surface area contributed by atoms with E-state index in [2.05, 4.69) is 15.5 Å². The highest BCUT2D eigenvalue weighted by Crippen LogP contribution is 2.17. The largest absolute Gasteiger partial charge is 0.343 e. The first-order valence-electron chi connectivity index (χ1n) is 7.10. The molecule has 0 saturated heterocycles. The predicted molar refractivity (Wildman–Crippen MR) is 81.8 cm³/mol. The van der Waals surface area contributed by atoms with E-state index in [0.29, 0.717) is 30.2 Å². The van der Waals surface area contributed by atoms with Crippen molar-refractivity contribution >= 4 is 17.5 Å². The van der Waals surface area contributed by atoms with Crippen LogP contribution >= 0.6 is 0 Å². The molecule has 2 aromatic heterocycles. The zero-order valence-electron chi connectivity index (χ0n) is 13.2. The summed E-state index contributed by atoms with van der Waals surface area (Å²) in [6, 6.07) is 1.64. The SMILES string of the molecule is CCn1ccc(C(=O)Nc2cnn(CC)c2C(=O)N(C)C)n1. The topological polar surface area (TPSA) is 85.0 Å². The van der Waals surface area contributed by atoms with Gasteiger partial charge in [-0.25, -0.2) is 0 Å². The molecule has 0 radical (unpaired) electrons. The first kappa shape index (κ1) is 15.7. The van der Waals surface area contributed by atoms with Crippen LogP contribution in [0.4, 0.5) is 5.69 Å². The standard InChI is InChI=1S/C14H20N6O2/c1-5-19-8-7-10(17-19)13(21)16-11-9-15-20(6-2)12(11)14(22)18(3)4/h7-9H,5-6H2,1-4H3,(H,16,21). The molecular formula is C14H20N6O2. The first-order chi connectivity index (χ1) is 10.5. The number of carbonyl (C=O) groups excluding carboxylic acids is 2. The van der Waals surface area contributed by atoms with Crippen molar-refractivity contribution in [2.75, 3.05) is 19.4 Å².